The van der Waals surface area contributed by atoms with E-state index in [4.69, 9.17) is 11.6 Å². The molecule has 1 saturated heterocycles. The molecule has 94 valence electrons. The molecule has 0 atom stereocenters. The first kappa shape index (κ1) is 11.5. The number of nitrogens with zero attached hydrogens (tertiary/aromatic N) is 5. The minimum atomic E-state index is 0.588. The van der Waals surface area contributed by atoms with Crippen LogP contribution in [0.3, 0.4) is 0 Å². The van der Waals surface area contributed by atoms with Gasteiger partial charge in [-0.15, -0.1) is 0 Å². The first-order chi connectivity index (χ1) is 8.70. The number of halogens is 1. The Hall–Kier alpha value is -1.62. The van der Waals surface area contributed by atoms with E-state index in [2.05, 4.69) is 20.0 Å². The first-order valence-electron chi connectivity index (χ1n) is 5.93. The summed E-state index contributed by atoms with van der Waals surface area (Å²) >= 11 is 5.83. The van der Waals surface area contributed by atoms with E-state index in [1.165, 1.54) is 0 Å². The van der Waals surface area contributed by atoms with Gasteiger partial charge >= 0.3 is 0 Å². The molecule has 0 aromatic carbocycles. The predicted molar refractivity (Wildman–Crippen MR) is 69.7 cm³/mol. The predicted octanol–water partition coefficient (Wildman–Crippen LogP) is 1.77. The van der Waals surface area contributed by atoms with Crippen LogP contribution in [0, 0.1) is 12.8 Å². The number of aromatic nitrogens is 4. The molecule has 3 rings (SSSR count). The molecule has 0 bridgehead atoms. The average molecular weight is 264 g/mol. The fraction of sp³-hybridized carbons (Fsp3) is 0.417. The summed E-state index contributed by atoms with van der Waals surface area (Å²) in [7, 11) is 0. The van der Waals surface area contributed by atoms with Gasteiger partial charge < -0.3 is 4.90 Å². The van der Waals surface area contributed by atoms with Crippen LogP contribution in [0.5, 0.6) is 0 Å². The van der Waals surface area contributed by atoms with Crippen molar-refractivity contribution in [3.05, 3.63) is 35.4 Å². The van der Waals surface area contributed by atoms with Crippen LogP contribution in [0.1, 0.15) is 5.69 Å². The van der Waals surface area contributed by atoms with Gasteiger partial charge in [-0.2, -0.15) is 5.10 Å². The lowest BCUT2D eigenvalue weighted by Gasteiger charge is -2.39. The molecule has 2 aromatic heterocycles. The van der Waals surface area contributed by atoms with Gasteiger partial charge in [0.15, 0.2) is 0 Å². The summed E-state index contributed by atoms with van der Waals surface area (Å²) < 4.78 is 1.89. The molecule has 18 heavy (non-hydrogen) atoms. The maximum atomic E-state index is 5.83. The van der Waals surface area contributed by atoms with Gasteiger partial charge in [-0.3, -0.25) is 4.68 Å². The lowest BCUT2D eigenvalue weighted by molar-refractivity contribution is 0.338. The fourth-order valence-electron chi connectivity index (χ4n) is 2.14. The molecule has 0 saturated carbocycles. The Labute approximate surface area is 110 Å². The van der Waals surface area contributed by atoms with Crippen molar-refractivity contribution in [3.63, 3.8) is 0 Å². The molecule has 0 N–H and O–H groups in total. The zero-order valence-corrected chi connectivity index (χ0v) is 10.9. The van der Waals surface area contributed by atoms with Crippen LogP contribution in [0.4, 0.5) is 5.95 Å². The summed E-state index contributed by atoms with van der Waals surface area (Å²) in [6, 6.07) is 1.91. The minimum absolute atomic E-state index is 0.588. The number of hydrogen-bond acceptors (Lipinski definition) is 4. The van der Waals surface area contributed by atoms with Gasteiger partial charge in [0.05, 0.1) is 11.2 Å². The topological polar surface area (TPSA) is 46.8 Å². The SMILES string of the molecule is Cc1ccnc(N2CC(Cn3cc(Cl)cn3)C2)n1. The molecular weight excluding hydrogens is 250 g/mol. The van der Waals surface area contributed by atoms with Gasteiger partial charge in [0, 0.05) is 43.6 Å². The highest BCUT2D eigenvalue weighted by Crippen LogP contribution is 2.22. The second-order valence-electron chi connectivity index (χ2n) is 4.65. The Morgan fingerprint density at radius 3 is 2.94 bits per heavy atom. The van der Waals surface area contributed by atoms with Crippen LogP contribution in [-0.4, -0.2) is 32.8 Å². The standard InChI is InChI=1S/C12H14ClN5/c1-9-2-3-14-12(16-9)17-5-10(6-17)7-18-8-11(13)4-15-18/h2-4,8,10H,5-7H2,1H3. The number of rotatable bonds is 3. The molecule has 3 heterocycles. The molecular formula is C12H14ClN5. The molecule has 0 unspecified atom stereocenters. The van der Waals surface area contributed by atoms with E-state index < -0.39 is 0 Å². The molecule has 5 nitrogen and oxygen atoms in total. The van der Waals surface area contributed by atoms with Crippen molar-refractivity contribution in [2.45, 2.75) is 13.5 Å². The van der Waals surface area contributed by atoms with Gasteiger partial charge in [-0.25, -0.2) is 9.97 Å². The Morgan fingerprint density at radius 2 is 2.28 bits per heavy atom. The van der Waals surface area contributed by atoms with Crippen molar-refractivity contribution < 1.29 is 0 Å². The highest BCUT2D eigenvalue weighted by atomic mass is 35.5. The molecule has 0 amide bonds. The molecule has 2 aromatic rings. The molecule has 0 spiro atoms. The molecule has 0 aliphatic carbocycles. The first-order valence-corrected chi connectivity index (χ1v) is 6.31. The van der Waals surface area contributed by atoms with Crippen molar-refractivity contribution >= 4 is 17.5 Å². The van der Waals surface area contributed by atoms with E-state index in [-0.39, 0.29) is 0 Å². The summed E-state index contributed by atoms with van der Waals surface area (Å²) in [5, 5.41) is 4.87. The maximum absolute atomic E-state index is 5.83. The van der Waals surface area contributed by atoms with Crippen molar-refractivity contribution in [1.29, 1.82) is 0 Å². The van der Waals surface area contributed by atoms with Gasteiger partial charge in [0.2, 0.25) is 5.95 Å². The van der Waals surface area contributed by atoms with Crippen LogP contribution in [0.2, 0.25) is 5.02 Å². The zero-order valence-electron chi connectivity index (χ0n) is 10.1. The Morgan fingerprint density at radius 1 is 1.44 bits per heavy atom. The quantitative estimate of drug-likeness (QED) is 0.847. The van der Waals surface area contributed by atoms with Crippen LogP contribution in [0.15, 0.2) is 24.7 Å². The van der Waals surface area contributed by atoms with Crippen LogP contribution in [-0.2, 0) is 6.54 Å². The average Bonchev–Trinajstić information content (AvgIpc) is 2.69. The van der Waals surface area contributed by atoms with Crippen LogP contribution >= 0.6 is 11.6 Å². The second kappa shape index (κ2) is 4.57. The third-order valence-electron chi connectivity index (χ3n) is 3.07. The Kier molecular flexibility index (Phi) is 2.91. The van der Waals surface area contributed by atoms with Crippen molar-refractivity contribution in [1.82, 2.24) is 19.7 Å². The van der Waals surface area contributed by atoms with E-state index >= 15 is 0 Å². The molecule has 6 heteroatoms. The third kappa shape index (κ3) is 2.31. The molecule has 1 aliphatic heterocycles. The largest absolute Gasteiger partial charge is 0.340 e. The monoisotopic (exact) mass is 263 g/mol. The van der Waals surface area contributed by atoms with Crippen molar-refractivity contribution in [3.8, 4) is 0 Å². The summed E-state index contributed by atoms with van der Waals surface area (Å²) in [6.45, 7) is 4.82. The highest BCUT2D eigenvalue weighted by molar-refractivity contribution is 6.30. The molecule has 0 radical (unpaired) electrons. The van der Waals surface area contributed by atoms with Crippen molar-refractivity contribution in [2.75, 3.05) is 18.0 Å². The van der Waals surface area contributed by atoms with Gasteiger partial charge in [0.25, 0.3) is 0 Å². The van der Waals surface area contributed by atoms with E-state index in [0.717, 1.165) is 31.3 Å². The normalized spacial score (nSPS) is 15.8. The van der Waals surface area contributed by atoms with E-state index in [1.54, 1.807) is 12.4 Å². The summed E-state index contributed by atoms with van der Waals surface area (Å²) in [5.41, 5.74) is 1.00. The summed E-state index contributed by atoms with van der Waals surface area (Å²) in [4.78, 5) is 10.9. The summed E-state index contributed by atoms with van der Waals surface area (Å²) in [5.74, 6) is 1.41. The second-order valence-corrected chi connectivity index (χ2v) is 5.09. The third-order valence-corrected chi connectivity index (χ3v) is 3.26. The fourth-order valence-corrected chi connectivity index (χ4v) is 2.30. The highest BCUT2D eigenvalue weighted by Gasteiger charge is 2.29. The number of aryl methyl sites for hydroxylation is 1. The zero-order chi connectivity index (χ0) is 12.5. The Bertz CT molecular complexity index is 547. The lowest BCUT2D eigenvalue weighted by Crippen LogP contribution is -2.49. The van der Waals surface area contributed by atoms with E-state index in [9.17, 15) is 0 Å². The van der Waals surface area contributed by atoms with Crippen molar-refractivity contribution in [2.24, 2.45) is 5.92 Å². The van der Waals surface area contributed by atoms with E-state index in [1.807, 2.05) is 23.9 Å². The smallest absolute Gasteiger partial charge is 0.225 e. The maximum Gasteiger partial charge on any atom is 0.225 e. The number of anilines is 1. The van der Waals surface area contributed by atoms with Crippen LogP contribution in [0.25, 0.3) is 0 Å². The lowest BCUT2D eigenvalue weighted by atomic mass is 10.0. The van der Waals surface area contributed by atoms with Gasteiger partial charge in [-0.05, 0) is 13.0 Å². The van der Waals surface area contributed by atoms with Gasteiger partial charge in [-0.1, -0.05) is 11.6 Å². The summed E-state index contributed by atoms with van der Waals surface area (Å²) in [6.07, 6.45) is 5.33. The van der Waals surface area contributed by atoms with Gasteiger partial charge in [0.1, 0.15) is 0 Å². The van der Waals surface area contributed by atoms with E-state index in [0.29, 0.717) is 10.9 Å². The molecule has 1 fully saturated rings. The number of hydrogen-bond donors (Lipinski definition) is 0. The van der Waals surface area contributed by atoms with Crippen LogP contribution < -0.4 is 4.90 Å². The molecule has 1 aliphatic rings. The Balaban J connectivity index is 1.57. The minimum Gasteiger partial charge on any atom is -0.340 e.